The highest BCUT2D eigenvalue weighted by atomic mass is 32.2. The number of rotatable bonds is 2. The maximum atomic E-state index is 11.6. The van der Waals surface area contributed by atoms with Crippen LogP contribution < -0.4 is 9.46 Å². The molecular weight excluding hydrogens is 380 g/mol. The largest absolute Gasteiger partial charge is 0.487 e. The third-order valence-corrected chi connectivity index (χ3v) is 6.17. The third kappa shape index (κ3) is 4.56. The Hall–Kier alpha value is -1.90. The van der Waals surface area contributed by atoms with Gasteiger partial charge in [0.15, 0.2) is 0 Å². The standard InChI is InChI=1S/C20H26N2O5S/c1-28(23,24)22-16-7-8-20(11-16)14-25-9-3-5-15-4-2-6-18(10-15)26-12-17-13-27-19(20)21-17/h2,4,6,10,13,16,22H,3,5,7-9,11-12,14H2,1H3/t16?,20-/m0/s1. The van der Waals surface area contributed by atoms with Crippen molar-refractivity contribution in [2.45, 2.75) is 50.2 Å². The highest BCUT2D eigenvalue weighted by Crippen LogP contribution is 2.41. The van der Waals surface area contributed by atoms with Crippen molar-refractivity contribution < 1.29 is 22.3 Å². The van der Waals surface area contributed by atoms with Crippen LogP contribution in [0.3, 0.4) is 0 Å². The fourth-order valence-corrected chi connectivity index (χ4v) is 4.93. The zero-order valence-electron chi connectivity index (χ0n) is 16.0. The fraction of sp³-hybridized carbons (Fsp3) is 0.550. The number of fused-ring (bicyclic) bond motifs is 5. The number of hydrogen-bond acceptors (Lipinski definition) is 6. The molecule has 7 nitrogen and oxygen atoms in total. The average Bonchev–Trinajstić information content (AvgIpc) is 3.26. The predicted molar refractivity (Wildman–Crippen MR) is 104 cm³/mol. The Morgan fingerprint density at radius 3 is 3.07 bits per heavy atom. The Kier molecular flexibility index (Phi) is 5.44. The van der Waals surface area contributed by atoms with Crippen LogP contribution in [-0.4, -0.2) is 38.9 Å². The normalized spacial score (nSPS) is 26.0. The van der Waals surface area contributed by atoms with E-state index < -0.39 is 15.4 Å². The third-order valence-electron chi connectivity index (χ3n) is 5.41. The first-order chi connectivity index (χ1) is 13.4. The minimum Gasteiger partial charge on any atom is -0.487 e. The molecule has 0 amide bonds. The number of aryl methyl sites for hydroxylation is 1. The van der Waals surface area contributed by atoms with Crippen molar-refractivity contribution in [3.8, 4) is 5.75 Å². The molecule has 0 radical (unpaired) electrons. The summed E-state index contributed by atoms with van der Waals surface area (Å²) in [6.07, 6.45) is 6.74. The van der Waals surface area contributed by atoms with E-state index in [1.54, 1.807) is 6.26 Å². The first-order valence-electron chi connectivity index (χ1n) is 9.64. The van der Waals surface area contributed by atoms with Crippen LogP contribution in [0.1, 0.15) is 42.8 Å². The molecule has 8 heteroatoms. The number of ether oxygens (including phenoxy) is 2. The van der Waals surface area contributed by atoms with Crippen LogP contribution >= 0.6 is 0 Å². The molecule has 2 heterocycles. The van der Waals surface area contributed by atoms with Gasteiger partial charge in [0.1, 0.15) is 24.3 Å². The molecule has 0 saturated heterocycles. The summed E-state index contributed by atoms with van der Waals surface area (Å²) in [4.78, 5) is 4.65. The monoisotopic (exact) mass is 406 g/mol. The van der Waals surface area contributed by atoms with E-state index in [1.165, 1.54) is 11.8 Å². The van der Waals surface area contributed by atoms with Gasteiger partial charge in [0.25, 0.3) is 0 Å². The molecule has 1 aliphatic heterocycles. The van der Waals surface area contributed by atoms with Gasteiger partial charge in [-0.1, -0.05) is 12.1 Å². The van der Waals surface area contributed by atoms with Crippen molar-refractivity contribution in [2.75, 3.05) is 19.5 Å². The topological polar surface area (TPSA) is 90.7 Å². The van der Waals surface area contributed by atoms with Gasteiger partial charge in [-0.05, 0) is 49.8 Å². The van der Waals surface area contributed by atoms with E-state index in [0.29, 0.717) is 32.1 Å². The second-order valence-electron chi connectivity index (χ2n) is 7.85. The van der Waals surface area contributed by atoms with Gasteiger partial charge in [0, 0.05) is 12.6 Å². The van der Waals surface area contributed by atoms with Crippen LogP contribution in [0.4, 0.5) is 0 Å². The molecule has 1 aromatic heterocycles. The molecule has 1 N–H and O–H groups in total. The average molecular weight is 407 g/mol. The van der Waals surface area contributed by atoms with Crippen molar-refractivity contribution in [1.29, 1.82) is 0 Å². The number of nitrogens with one attached hydrogen (secondary N) is 1. The highest BCUT2D eigenvalue weighted by molar-refractivity contribution is 7.88. The maximum Gasteiger partial charge on any atom is 0.208 e. The Labute approximate surface area is 165 Å². The lowest BCUT2D eigenvalue weighted by Gasteiger charge is -2.26. The van der Waals surface area contributed by atoms with Gasteiger partial charge in [-0.3, -0.25) is 0 Å². The SMILES string of the molecule is CS(=O)(=O)NC1CC[C@@]2(COCCCc3cccc(c3)OCc3coc2n3)C1. The summed E-state index contributed by atoms with van der Waals surface area (Å²) >= 11 is 0. The smallest absolute Gasteiger partial charge is 0.208 e. The molecule has 2 aliphatic rings. The highest BCUT2D eigenvalue weighted by Gasteiger charge is 2.45. The number of benzene rings is 1. The van der Waals surface area contributed by atoms with Crippen LogP contribution in [0, 0.1) is 0 Å². The first kappa shape index (κ1) is 19.4. The minimum absolute atomic E-state index is 0.135. The molecule has 1 unspecified atom stereocenters. The summed E-state index contributed by atoms with van der Waals surface area (Å²) in [5.74, 6) is 1.42. The van der Waals surface area contributed by atoms with Crippen LogP contribution in [0.2, 0.25) is 0 Å². The second-order valence-corrected chi connectivity index (χ2v) is 9.63. The van der Waals surface area contributed by atoms with Gasteiger partial charge in [0.2, 0.25) is 15.9 Å². The molecule has 1 fully saturated rings. The van der Waals surface area contributed by atoms with Crippen molar-refractivity contribution >= 4 is 10.0 Å². The van der Waals surface area contributed by atoms with E-state index in [1.807, 2.05) is 18.2 Å². The molecule has 28 heavy (non-hydrogen) atoms. The molecule has 4 rings (SSSR count). The van der Waals surface area contributed by atoms with Crippen LogP contribution in [0.25, 0.3) is 0 Å². The lowest BCUT2D eigenvalue weighted by molar-refractivity contribution is 0.0699. The van der Waals surface area contributed by atoms with Crippen LogP contribution in [0.5, 0.6) is 5.75 Å². The molecular formula is C20H26N2O5S. The van der Waals surface area contributed by atoms with Crippen molar-refractivity contribution in [3.63, 3.8) is 0 Å². The molecule has 4 bridgehead atoms. The number of sulfonamides is 1. The molecule has 2 aromatic rings. The van der Waals surface area contributed by atoms with Crippen molar-refractivity contribution in [1.82, 2.24) is 9.71 Å². The van der Waals surface area contributed by atoms with Gasteiger partial charge in [-0.15, -0.1) is 0 Å². The molecule has 152 valence electrons. The Morgan fingerprint density at radius 1 is 1.32 bits per heavy atom. The predicted octanol–water partition coefficient (Wildman–Crippen LogP) is 2.56. The van der Waals surface area contributed by atoms with Gasteiger partial charge in [-0.25, -0.2) is 18.1 Å². The lowest BCUT2D eigenvalue weighted by atomic mass is 9.86. The summed E-state index contributed by atoms with van der Waals surface area (Å²) in [5, 5.41) is 0. The van der Waals surface area contributed by atoms with Gasteiger partial charge in [0.05, 0.1) is 18.3 Å². The number of oxazole rings is 1. The summed E-state index contributed by atoms with van der Waals surface area (Å²) in [7, 11) is -3.26. The zero-order valence-corrected chi connectivity index (χ0v) is 16.8. The number of hydrogen-bond donors (Lipinski definition) is 1. The van der Waals surface area contributed by atoms with Crippen molar-refractivity contribution in [2.24, 2.45) is 0 Å². The van der Waals surface area contributed by atoms with E-state index in [-0.39, 0.29) is 6.04 Å². The molecule has 1 aromatic carbocycles. The van der Waals surface area contributed by atoms with Crippen LogP contribution in [0.15, 0.2) is 34.9 Å². The lowest BCUT2D eigenvalue weighted by Crippen LogP contribution is -2.36. The summed E-state index contributed by atoms with van der Waals surface area (Å²) in [6, 6.07) is 7.93. The minimum atomic E-state index is -3.26. The van der Waals surface area contributed by atoms with E-state index in [9.17, 15) is 8.42 Å². The summed E-state index contributed by atoms with van der Waals surface area (Å²) in [6.45, 7) is 1.43. The Morgan fingerprint density at radius 2 is 2.21 bits per heavy atom. The second kappa shape index (κ2) is 7.85. The van der Waals surface area contributed by atoms with Gasteiger partial charge in [-0.2, -0.15) is 0 Å². The van der Waals surface area contributed by atoms with E-state index in [0.717, 1.165) is 37.1 Å². The number of nitrogens with zero attached hydrogens (tertiary/aromatic N) is 1. The first-order valence-corrected chi connectivity index (χ1v) is 11.5. The van der Waals surface area contributed by atoms with Gasteiger partial charge < -0.3 is 13.9 Å². The van der Waals surface area contributed by atoms with Gasteiger partial charge >= 0.3 is 0 Å². The quantitative estimate of drug-likeness (QED) is 0.824. The van der Waals surface area contributed by atoms with Crippen LogP contribution in [-0.2, 0) is 33.2 Å². The molecule has 2 atom stereocenters. The molecule has 1 saturated carbocycles. The van der Waals surface area contributed by atoms with E-state index in [2.05, 4.69) is 15.8 Å². The van der Waals surface area contributed by atoms with E-state index in [4.69, 9.17) is 13.9 Å². The Balaban J connectivity index is 1.56. The summed E-state index contributed by atoms with van der Waals surface area (Å²) in [5.41, 5.74) is 1.52. The fourth-order valence-electron chi connectivity index (χ4n) is 4.13. The van der Waals surface area contributed by atoms with E-state index >= 15 is 0 Å². The summed E-state index contributed by atoms with van der Waals surface area (Å²) < 4.78 is 43.7. The van der Waals surface area contributed by atoms with Crippen molar-refractivity contribution in [3.05, 3.63) is 47.7 Å². The zero-order chi connectivity index (χ0) is 19.6. The molecule has 1 aliphatic carbocycles. The Bertz CT molecular complexity index is 926. The molecule has 1 spiro atoms. The number of aromatic nitrogens is 1. The maximum absolute atomic E-state index is 11.6.